The number of aromatic nitrogens is 2. The number of ether oxygens (including phenoxy) is 2. The van der Waals surface area contributed by atoms with Gasteiger partial charge in [-0.05, 0) is 44.1 Å². The number of likely N-dealkylation sites (tertiary alicyclic amines) is 1. The third-order valence-electron chi connectivity index (χ3n) is 7.25. The van der Waals surface area contributed by atoms with Gasteiger partial charge >= 0.3 is 0 Å². The lowest BCUT2D eigenvalue weighted by Gasteiger charge is -2.58. The molecule has 1 N–H and O–H groups in total. The fourth-order valence-corrected chi connectivity index (χ4v) is 6.88. The van der Waals surface area contributed by atoms with Gasteiger partial charge in [-0.3, -0.25) is 4.90 Å². The summed E-state index contributed by atoms with van der Waals surface area (Å²) in [6, 6.07) is 0.709. The van der Waals surface area contributed by atoms with Crippen molar-refractivity contribution in [3.05, 3.63) is 16.8 Å². The molecule has 7 heteroatoms. The third-order valence-corrected chi connectivity index (χ3v) is 8.42. The molecule has 2 saturated heterocycles. The van der Waals surface area contributed by atoms with Gasteiger partial charge in [0, 0.05) is 35.3 Å². The van der Waals surface area contributed by atoms with E-state index < -0.39 is 0 Å². The number of aliphatic hydroxyl groups is 1. The van der Waals surface area contributed by atoms with Crippen molar-refractivity contribution < 1.29 is 14.6 Å². The summed E-state index contributed by atoms with van der Waals surface area (Å²) in [5.41, 5.74) is 1.75. The second-order valence-corrected chi connectivity index (χ2v) is 10.2. The summed E-state index contributed by atoms with van der Waals surface area (Å²) < 4.78 is 11.8. The predicted molar refractivity (Wildman–Crippen MR) is 107 cm³/mol. The first-order valence-electron chi connectivity index (χ1n) is 10.6. The van der Waals surface area contributed by atoms with Crippen molar-refractivity contribution in [2.45, 2.75) is 56.6 Å². The van der Waals surface area contributed by atoms with Gasteiger partial charge in [0.1, 0.15) is 17.3 Å². The summed E-state index contributed by atoms with van der Waals surface area (Å²) in [6.45, 7) is 4.57. The molecule has 6 nitrogen and oxygen atoms in total. The fourth-order valence-electron chi connectivity index (χ4n) is 5.65. The van der Waals surface area contributed by atoms with Crippen LogP contribution in [0.1, 0.15) is 48.5 Å². The number of hydrogen-bond acceptors (Lipinski definition) is 7. The molecule has 4 heterocycles. The molecule has 0 radical (unpaired) electrons. The second kappa shape index (κ2) is 6.62. The van der Waals surface area contributed by atoms with E-state index in [1.807, 2.05) is 0 Å². The van der Waals surface area contributed by atoms with E-state index in [0.717, 1.165) is 55.0 Å². The number of thiophene rings is 1. The molecule has 2 aromatic rings. The quantitative estimate of drug-likeness (QED) is 0.850. The number of aliphatic hydroxyl groups excluding tert-OH is 1. The Morgan fingerprint density at radius 1 is 1.18 bits per heavy atom. The number of hydrogen-bond donors (Lipinski definition) is 1. The van der Waals surface area contributed by atoms with Gasteiger partial charge in [0.05, 0.1) is 25.2 Å². The maximum Gasteiger partial charge on any atom is 0.225 e. The molecule has 0 aromatic carbocycles. The van der Waals surface area contributed by atoms with E-state index in [2.05, 4.69) is 14.9 Å². The van der Waals surface area contributed by atoms with Crippen molar-refractivity contribution >= 4 is 21.6 Å². The molecule has 1 saturated carbocycles. The van der Waals surface area contributed by atoms with E-state index >= 15 is 0 Å². The first-order valence-corrected chi connectivity index (χ1v) is 11.4. The first kappa shape index (κ1) is 17.6. The molecular weight excluding hydrogens is 374 g/mol. The summed E-state index contributed by atoms with van der Waals surface area (Å²) in [6.07, 6.45) is 8.51. The molecule has 1 atom stereocenters. The van der Waals surface area contributed by atoms with Crippen LogP contribution in [0.2, 0.25) is 0 Å². The summed E-state index contributed by atoms with van der Waals surface area (Å²) in [5.74, 6) is 0.947. The monoisotopic (exact) mass is 401 g/mol. The molecular formula is C21H27N3O3S. The van der Waals surface area contributed by atoms with Crippen LogP contribution in [0.25, 0.3) is 10.2 Å². The smallest absolute Gasteiger partial charge is 0.225 e. The Hall–Kier alpha value is -1.28. The van der Waals surface area contributed by atoms with Crippen LogP contribution in [0.4, 0.5) is 0 Å². The molecule has 150 valence electrons. The lowest BCUT2D eigenvalue weighted by Crippen LogP contribution is -2.68. The van der Waals surface area contributed by atoms with E-state index in [4.69, 9.17) is 9.47 Å². The highest BCUT2D eigenvalue weighted by molar-refractivity contribution is 7.19. The van der Waals surface area contributed by atoms with E-state index in [1.54, 1.807) is 17.7 Å². The minimum absolute atomic E-state index is 0.195. The minimum Gasteiger partial charge on any atom is -0.474 e. The molecule has 0 amide bonds. The van der Waals surface area contributed by atoms with Crippen LogP contribution in [0.3, 0.4) is 0 Å². The maximum absolute atomic E-state index is 9.78. The molecule has 2 aliphatic carbocycles. The number of nitrogens with zero attached hydrogens (tertiary/aromatic N) is 3. The topological polar surface area (TPSA) is 67.7 Å². The fraction of sp³-hybridized carbons (Fsp3) is 0.714. The van der Waals surface area contributed by atoms with Crippen molar-refractivity contribution in [1.82, 2.24) is 14.9 Å². The van der Waals surface area contributed by atoms with Crippen molar-refractivity contribution in [2.75, 3.05) is 32.9 Å². The highest BCUT2D eigenvalue weighted by Gasteiger charge is 2.50. The number of rotatable bonds is 4. The second-order valence-electron chi connectivity index (χ2n) is 9.16. The Labute approximate surface area is 168 Å². The van der Waals surface area contributed by atoms with Crippen LogP contribution in [-0.2, 0) is 11.2 Å². The standard InChI is InChI=1S/C21H27N3O3S/c25-7-13-1-6-16-17(13)18-19(22-12-23-20(18)28-16)27-15-4-2-14(3-5-15)24-8-21(9-24)10-26-11-21/h12-15,25H,1-11H2/t13-,14?,15?/m1/s1. The lowest BCUT2D eigenvalue weighted by molar-refractivity contribution is -0.201. The first-order chi connectivity index (χ1) is 13.7. The van der Waals surface area contributed by atoms with Gasteiger partial charge in [-0.25, -0.2) is 9.97 Å². The SMILES string of the molecule is OC[C@H]1CCc2sc3ncnc(OC4CCC(N5CC6(COC6)C5)CC4)c3c21. The van der Waals surface area contributed by atoms with Gasteiger partial charge in [-0.1, -0.05) is 0 Å². The minimum atomic E-state index is 0.195. The van der Waals surface area contributed by atoms with Crippen LogP contribution in [0.5, 0.6) is 5.88 Å². The van der Waals surface area contributed by atoms with Gasteiger partial charge in [0.25, 0.3) is 0 Å². The molecule has 0 unspecified atom stereocenters. The van der Waals surface area contributed by atoms with Gasteiger partial charge in [-0.2, -0.15) is 0 Å². The van der Waals surface area contributed by atoms with Gasteiger partial charge < -0.3 is 14.6 Å². The Morgan fingerprint density at radius 2 is 2.00 bits per heavy atom. The zero-order valence-corrected chi connectivity index (χ0v) is 16.9. The van der Waals surface area contributed by atoms with Gasteiger partial charge in [0.2, 0.25) is 5.88 Å². The Balaban J connectivity index is 1.15. The summed E-state index contributed by atoms with van der Waals surface area (Å²) in [4.78, 5) is 14.0. The molecule has 0 bridgehead atoms. The maximum atomic E-state index is 9.78. The van der Waals surface area contributed by atoms with Crippen LogP contribution >= 0.6 is 11.3 Å². The van der Waals surface area contributed by atoms with Crippen LogP contribution in [0.15, 0.2) is 6.33 Å². The molecule has 2 aromatic heterocycles. The average Bonchev–Trinajstić information content (AvgIpc) is 3.20. The van der Waals surface area contributed by atoms with Crippen LogP contribution in [0, 0.1) is 5.41 Å². The number of aryl methyl sites for hydroxylation is 1. The molecule has 4 aliphatic rings. The Morgan fingerprint density at radius 3 is 2.71 bits per heavy atom. The number of fused-ring (bicyclic) bond motifs is 3. The van der Waals surface area contributed by atoms with E-state index in [1.165, 1.54) is 36.4 Å². The molecule has 2 aliphatic heterocycles. The summed E-state index contributed by atoms with van der Waals surface area (Å²) in [7, 11) is 0. The normalized spacial score (nSPS) is 31.5. The molecule has 28 heavy (non-hydrogen) atoms. The van der Waals surface area contributed by atoms with Gasteiger partial charge in [0.15, 0.2) is 0 Å². The highest BCUT2D eigenvalue weighted by atomic mass is 32.1. The van der Waals surface area contributed by atoms with E-state index in [0.29, 0.717) is 11.5 Å². The van der Waals surface area contributed by atoms with Crippen molar-refractivity contribution in [2.24, 2.45) is 5.41 Å². The van der Waals surface area contributed by atoms with Gasteiger partial charge in [-0.15, -0.1) is 11.3 Å². The van der Waals surface area contributed by atoms with Crippen molar-refractivity contribution in [1.29, 1.82) is 0 Å². The zero-order chi connectivity index (χ0) is 18.7. The molecule has 6 rings (SSSR count). The molecule has 1 spiro atoms. The average molecular weight is 402 g/mol. The summed E-state index contributed by atoms with van der Waals surface area (Å²) in [5, 5.41) is 10.8. The van der Waals surface area contributed by atoms with E-state index in [-0.39, 0.29) is 18.6 Å². The largest absolute Gasteiger partial charge is 0.474 e. The van der Waals surface area contributed by atoms with Crippen LogP contribution < -0.4 is 4.74 Å². The predicted octanol–water partition coefficient (Wildman–Crippen LogP) is 2.74. The van der Waals surface area contributed by atoms with Crippen molar-refractivity contribution in [3.63, 3.8) is 0 Å². The Kier molecular flexibility index (Phi) is 4.15. The highest BCUT2D eigenvalue weighted by Crippen LogP contribution is 2.46. The molecule has 3 fully saturated rings. The lowest BCUT2D eigenvalue weighted by atomic mass is 9.75. The zero-order valence-electron chi connectivity index (χ0n) is 16.1. The van der Waals surface area contributed by atoms with Crippen LogP contribution in [-0.4, -0.2) is 65.0 Å². The van der Waals surface area contributed by atoms with E-state index in [9.17, 15) is 5.11 Å². The third kappa shape index (κ3) is 2.70. The Bertz CT molecular complexity index is 880. The van der Waals surface area contributed by atoms with Crippen molar-refractivity contribution in [3.8, 4) is 5.88 Å². The summed E-state index contributed by atoms with van der Waals surface area (Å²) >= 11 is 1.74.